The first-order valence-electron chi connectivity index (χ1n) is 6.01. The van der Waals surface area contributed by atoms with Gasteiger partial charge in [-0.25, -0.2) is 4.98 Å². The largest absolute Gasteiger partial charge is 0.329 e. The van der Waals surface area contributed by atoms with Crippen LogP contribution < -0.4 is 5.32 Å². The molecule has 0 saturated heterocycles. The van der Waals surface area contributed by atoms with Crippen molar-refractivity contribution in [2.45, 2.75) is 10.5 Å². The molecule has 0 radical (unpaired) electrons. The number of hydrogen-bond donors (Lipinski definition) is 1. The number of hydrogen-bond acceptors (Lipinski definition) is 2. The number of nitrogens with zero attached hydrogens (tertiary/aromatic N) is 2. The van der Waals surface area contributed by atoms with E-state index in [1.165, 1.54) is 30.7 Å². The molecule has 118 valence electrons. The normalized spacial score (nSPS) is 13.0. The summed E-state index contributed by atoms with van der Waals surface area (Å²) in [7, 11) is 0. The molecule has 1 atom stereocenters. The maximum atomic E-state index is 12.4. The van der Waals surface area contributed by atoms with Crippen LogP contribution in [-0.2, 0) is 0 Å². The predicted octanol–water partition coefficient (Wildman–Crippen LogP) is 4.53. The van der Waals surface area contributed by atoms with Crippen LogP contribution in [-0.4, -0.2) is 25.7 Å². The lowest BCUT2D eigenvalue weighted by Gasteiger charge is -2.30. The van der Waals surface area contributed by atoms with E-state index in [1.807, 2.05) is 0 Å². The highest BCUT2D eigenvalue weighted by Gasteiger charge is 2.37. The van der Waals surface area contributed by atoms with E-state index in [0.29, 0.717) is 10.0 Å². The number of halogens is 5. The zero-order valence-corrected chi connectivity index (χ0v) is 14.7. The van der Waals surface area contributed by atoms with Gasteiger partial charge in [-0.15, -0.1) is 11.6 Å². The van der Waals surface area contributed by atoms with E-state index in [2.05, 4.69) is 10.3 Å². The van der Waals surface area contributed by atoms with E-state index in [9.17, 15) is 4.79 Å². The fraction of sp³-hybridized carbons (Fsp3) is 0.231. The predicted molar refractivity (Wildman–Crippen MR) is 90.3 cm³/mol. The Morgan fingerprint density at radius 3 is 2.41 bits per heavy atom. The first-order valence-corrected chi connectivity index (χ1v) is 8.06. The minimum atomic E-state index is -1.43. The SMILES string of the molecule is O=C(NC(n1ccnc1)C(Cl)(Cl)CCl)c1cc(Cl)cc(Cl)c1. The molecule has 0 aliphatic heterocycles. The Labute approximate surface area is 152 Å². The molecular weight excluding hydrogens is 391 g/mol. The molecule has 1 aromatic carbocycles. The van der Waals surface area contributed by atoms with Gasteiger partial charge in [-0.05, 0) is 18.2 Å². The van der Waals surface area contributed by atoms with E-state index in [1.54, 1.807) is 10.8 Å². The van der Waals surface area contributed by atoms with Crippen LogP contribution in [0.3, 0.4) is 0 Å². The Kier molecular flexibility index (Phi) is 5.86. The minimum absolute atomic E-state index is 0.102. The quantitative estimate of drug-likeness (QED) is 0.748. The third kappa shape index (κ3) is 4.21. The van der Waals surface area contributed by atoms with Crippen LogP contribution in [0.15, 0.2) is 36.9 Å². The lowest BCUT2D eigenvalue weighted by molar-refractivity contribution is 0.0915. The fourth-order valence-electron chi connectivity index (χ4n) is 1.79. The summed E-state index contributed by atoms with van der Waals surface area (Å²) in [5.74, 6) is -0.547. The van der Waals surface area contributed by atoms with Gasteiger partial charge in [0.15, 0.2) is 4.33 Å². The molecule has 2 rings (SSSR count). The van der Waals surface area contributed by atoms with Crippen LogP contribution in [0, 0.1) is 0 Å². The van der Waals surface area contributed by atoms with Crippen molar-refractivity contribution in [2.75, 3.05) is 5.88 Å². The van der Waals surface area contributed by atoms with Crippen molar-refractivity contribution in [3.63, 3.8) is 0 Å². The summed E-state index contributed by atoms with van der Waals surface area (Å²) in [5.41, 5.74) is 0.279. The number of rotatable bonds is 5. The van der Waals surface area contributed by atoms with Gasteiger partial charge < -0.3 is 9.88 Å². The molecule has 0 spiro atoms. The minimum Gasteiger partial charge on any atom is -0.329 e. The van der Waals surface area contributed by atoms with Gasteiger partial charge in [-0.2, -0.15) is 0 Å². The second kappa shape index (κ2) is 7.28. The van der Waals surface area contributed by atoms with Gasteiger partial charge in [-0.3, -0.25) is 4.79 Å². The van der Waals surface area contributed by atoms with Crippen molar-refractivity contribution < 1.29 is 4.79 Å². The van der Waals surface area contributed by atoms with Gasteiger partial charge >= 0.3 is 0 Å². The van der Waals surface area contributed by atoms with Crippen LogP contribution in [0.25, 0.3) is 0 Å². The lowest BCUT2D eigenvalue weighted by Crippen LogP contribution is -2.43. The van der Waals surface area contributed by atoms with E-state index >= 15 is 0 Å². The summed E-state index contributed by atoms with van der Waals surface area (Å²) in [6.45, 7) is 0. The van der Waals surface area contributed by atoms with Crippen LogP contribution in [0.1, 0.15) is 16.5 Å². The third-order valence-electron chi connectivity index (χ3n) is 2.79. The second-order valence-electron chi connectivity index (χ2n) is 4.44. The molecule has 9 heteroatoms. The average Bonchev–Trinajstić information content (AvgIpc) is 2.97. The number of nitrogens with one attached hydrogen (secondary N) is 1. The number of carbonyl (C=O) groups is 1. The van der Waals surface area contributed by atoms with Crippen molar-refractivity contribution in [2.24, 2.45) is 0 Å². The van der Waals surface area contributed by atoms with Crippen LogP contribution in [0.2, 0.25) is 10.0 Å². The van der Waals surface area contributed by atoms with Crippen LogP contribution >= 0.6 is 58.0 Å². The van der Waals surface area contributed by atoms with Gasteiger partial charge in [0.05, 0.1) is 12.2 Å². The maximum Gasteiger partial charge on any atom is 0.253 e. The molecule has 0 aliphatic rings. The van der Waals surface area contributed by atoms with Crippen LogP contribution in [0.5, 0.6) is 0 Å². The molecular formula is C13H10Cl5N3O. The zero-order chi connectivity index (χ0) is 16.3. The average molecular weight is 402 g/mol. The molecule has 0 bridgehead atoms. The second-order valence-corrected chi connectivity index (χ2v) is 7.12. The molecule has 0 aliphatic carbocycles. The van der Waals surface area contributed by atoms with Crippen molar-refractivity contribution in [1.29, 1.82) is 0 Å². The topological polar surface area (TPSA) is 46.9 Å². The summed E-state index contributed by atoms with van der Waals surface area (Å²) in [6, 6.07) is 4.50. The standard InChI is InChI=1S/C13H10Cl5N3O/c14-6-13(17,18)12(21-2-1-19-7-21)20-11(22)8-3-9(15)5-10(16)4-8/h1-5,7,12H,6H2,(H,20,22). The highest BCUT2D eigenvalue weighted by atomic mass is 35.5. The Bertz CT molecular complexity index is 639. The monoisotopic (exact) mass is 399 g/mol. The molecule has 1 amide bonds. The first-order chi connectivity index (χ1) is 10.3. The van der Waals surface area contributed by atoms with Crippen molar-refractivity contribution >= 4 is 63.9 Å². The molecule has 22 heavy (non-hydrogen) atoms. The Morgan fingerprint density at radius 2 is 1.91 bits per heavy atom. The zero-order valence-electron chi connectivity index (χ0n) is 10.9. The molecule has 4 nitrogen and oxygen atoms in total. The van der Waals surface area contributed by atoms with E-state index in [4.69, 9.17) is 58.0 Å². The van der Waals surface area contributed by atoms with Crippen LogP contribution in [0.4, 0.5) is 0 Å². The Hall–Kier alpha value is -0.650. The summed E-state index contributed by atoms with van der Waals surface area (Å²) >= 11 is 30.0. The Balaban J connectivity index is 2.29. The van der Waals surface area contributed by atoms with Crippen molar-refractivity contribution in [3.05, 3.63) is 52.5 Å². The lowest BCUT2D eigenvalue weighted by atomic mass is 10.2. The number of carbonyl (C=O) groups excluding carboxylic acids is 1. The highest BCUT2D eigenvalue weighted by molar-refractivity contribution is 6.51. The number of alkyl halides is 3. The molecule has 0 fully saturated rings. The van der Waals surface area contributed by atoms with Gasteiger partial charge in [0.2, 0.25) is 0 Å². The number of aromatic nitrogens is 2. The van der Waals surface area contributed by atoms with E-state index in [0.717, 1.165) is 0 Å². The van der Waals surface area contributed by atoms with Gasteiger partial charge in [0.25, 0.3) is 5.91 Å². The number of amides is 1. The van der Waals surface area contributed by atoms with E-state index < -0.39 is 16.4 Å². The molecule has 1 N–H and O–H groups in total. The Morgan fingerprint density at radius 1 is 1.27 bits per heavy atom. The highest BCUT2D eigenvalue weighted by Crippen LogP contribution is 2.34. The molecule has 0 saturated carbocycles. The number of benzene rings is 1. The third-order valence-corrected chi connectivity index (χ3v) is 4.61. The smallest absolute Gasteiger partial charge is 0.253 e. The molecule has 2 aromatic rings. The number of imidazole rings is 1. The van der Waals surface area contributed by atoms with Gasteiger partial charge in [0.1, 0.15) is 6.17 Å². The first kappa shape index (κ1) is 17.7. The molecule has 1 aromatic heterocycles. The van der Waals surface area contributed by atoms with Crippen molar-refractivity contribution in [1.82, 2.24) is 14.9 Å². The van der Waals surface area contributed by atoms with Gasteiger partial charge in [0, 0.05) is 28.0 Å². The fourth-order valence-corrected chi connectivity index (χ4v) is 2.79. The summed E-state index contributed by atoms with van der Waals surface area (Å²) < 4.78 is 0.118. The summed E-state index contributed by atoms with van der Waals surface area (Å²) in [5, 5.41) is 3.39. The summed E-state index contributed by atoms with van der Waals surface area (Å²) in [6.07, 6.45) is 3.80. The molecule has 1 unspecified atom stereocenters. The van der Waals surface area contributed by atoms with Gasteiger partial charge in [-0.1, -0.05) is 46.4 Å². The molecule has 1 heterocycles. The van der Waals surface area contributed by atoms with E-state index in [-0.39, 0.29) is 11.4 Å². The van der Waals surface area contributed by atoms with Crippen molar-refractivity contribution in [3.8, 4) is 0 Å². The summed E-state index contributed by atoms with van der Waals surface area (Å²) in [4.78, 5) is 16.3. The maximum absolute atomic E-state index is 12.4.